The summed E-state index contributed by atoms with van der Waals surface area (Å²) < 4.78 is 25.8. The van der Waals surface area contributed by atoms with Crippen molar-refractivity contribution in [1.82, 2.24) is 4.31 Å². The molecule has 2 aromatic carbocycles. The molecule has 2 aromatic rings. The molecule has 0 spiro atoms. The molecule has 24 heavy (non-hydrogen) atoms. The van der Waals surface area contributed by atoms with Crippen LogP contribution in [0.3, 0.4) is 0 Å². The molecular weight excluding hydrogens is 320 g/mol. The number of hydrogen-bond acceptors (Lipinski definition) is 2. The quantitative estimate of drug-likeness (QED) is 0.888. The summed E-state index contributed by atoms with van der Waals surface area (Å²) in [7, 11) is -3.08. The number of nitrogens with zero attached hydrogens (tertiary/aromatic N) is 1. The Morgan fingerprint density at radius 2 is 1.38 bits per heavy atom. The molecule has 5 heteroatoms. The van der Waals surface area contributed by atoms with Crippen LogP contribution in [0.15, 0.2) is 60.7 Å². The van der Waals surface area contributed by atoms with Crippen molar-refractivity contribution >= 4 is 10.0 Å². The second-order valence-electron chi connectivity index (χ2n) is 6.21. The fraction of sp³-hybridized carbons (Fsp3) is 0.368. The lowest BCUT2D eigenvalue weighted by molar-refractivity contribution is -0.929. The number of nitrogens with one attached hydrogen (secondary N) is 1. The third kappa shape index (κ3) is 3.69. The maximum atomic E-state index is 12.1. The molecule has 0 unspecified atom stereocenters. The lowest BCUT2D eigenvalue weighted by Crippen LogP contribution is -3.15. The highest BCUT2D eigenvalue weighted by molar-refractivity contribution is 7.89. The summed E-state index contributed by atoms with van der Waals surface area (Å²) >= 11 is 0. The second kappa shape index (κ2) is 7.47. The van der Waals surface area contributed by atoms with E-state index in [0.717, 1.165) is 13.1 Å². The van der Waals surface area contributed by atoms with Gasteiger partial charge in [0.15, 0.2) is 0 Å². The minimum Gasteiger partial charge on any atom is -0.323 e. The maximum Gasteiger partial charge on any atom is 0.214 e. The Hall–Kier alpha value is -1.69. The third-order valence-electron chi connectivity index (χ3n) is 4.80. The molecule has 1 aliphatic heterocycles. The van der Waals surface area contributed by atoms with Crippen molar-refractivity contribution in [3.8, 4) is 0 Å². The van der Waals surface area contributed by atoms with Gasteiger partial charge in [0.2, 0.25) is 10.0 Å². The van der Waals surface area contributed by atoms with Gasteiger partial charge in [-0.05, 0) is 6.92 Å². The molecule has 128 valence electrons. The molecular formula is C19H25N2O2S+. The van der Waals surface area contributed by atoms with Crippen molar-refractivity contribution in [2.45, 2.75) is 13.0 Å². The van der Waals surface area contributed by atoms with Crippen molar-refractivity contribution in [3.63, 3.8) is 0 Å². The maximum absolute atomic E-state index is 12.1. The molecule has 4 nitrogen and oxygen atoms in total. The summed E-state index contributed by atoms with van der Waals surface area (Å²) in [5.41, 5.74) is 2.57. The van der Waals surface area contributed by atoms with Crippen LogP contribution in [0.4, 0.5) is 0 Å². The predicted octanol–water partition coefficient (Wildman–Crippen LogP) is 1.33. The van der Waals surface area contributed by atoms with Gasteiger partial charge >= 0.3 is 0 Å². The normalized spacial score (nSPS) is 17.2. The van der Waals surface area contributed by atoms with E-state index in [1.807, 2.05) is 12.1 Å². The lowest BCUT2D eigenvalue weighted by Gasteiger charge is -2.36. The van der Waals surface area contributed by atoms with E-state index in [9.17, 15) is 8.42 Å². The molecule has 1 aliphatic rings. The molecule has 0 bridgehead atoms. The van der Waals surface area contributed by atoms with E-state index >= 15 is 0 Å². The third-order valence-corrected chi connectivity index (χ3v) is 6.68. The SMILES string of the molecule is CCS(=O)(=O)N1CC[NH+](C(c2ccccc2)c2ccccc2)CC1. The Labute approximate surface area is 144 Å². The average molecular weight is 345 g/mol. The Kier molecular flexibility index (Phi) is 5.33. The Morgan fingerprint density at radius 1 is 0.917 bits per heavy atom. The van der Waals surface area contributed by atoms with Gasteiger partial charge in [-0.3, -0.25) is 0 Å². The Morgan fingerprint density at radius 3 is 1.79 bits per heavy atom. The highest BCUT2D eigenvalue weighted by Gasteiger charge is 2.33. The first-order valence-electron chi connectivity index (χ1n) is 8.54. The minimum absolute atomic E-state index is 0.184. The van der Waals surface area contributed by atoms with E-state index in [4.69, 9.17) is 0 Å². The van der Waals surface area contributed by atoms with Crippen LogP contribution in [0.2, 0.25) is 0 Å². The molecule has 0 atom stereocenters. The van der Waals surface area contributed by atoms with Crippen LogP contribution in [0.1, 0.15) is 24.1 Å². The fourth-order valence-electron chi connectivity index (χ4n) is 3.48. The molecule has 1 N–H and O–H groups in total. The number of sulfonamides is 1. The summed E-state index contributed by atoms with van der Waals surface area (Å²) in [5, 5.41) is 0. The molecule has 1 fully saturated rings. The zero-order valence-electron chi connectivity index (χ0n) is 14.1. The number of rotatable bonds is 5. The molecule has 1 saturated heterocycles. The van der Waals surface area contributed by atoms with E-state index in [0.29, 0.717) is 13.1 Å². The van der Waals surface area contributed by atoms with Crippen LogP contribution in [0, 0.1) is 0 Å². The van der Waals surface area contributed by atoms with Crippen LogP contribution in [-0.4, -0.2) is 44.7 Å². The number of quaternary nitrogens is 1. The van der Waals surface area contributed by atoms with Gasteiger partial charge in [0.1, 0.15) is 6.04 Å². The average Bonchev–Trinajstić information content (AvgIpc) is 2.64. The standard InChI is InChI=1S/C19H24N2O2S/c1-2-24(22,23)21-15-13-20(14-16-21)19(17-9-5-3-6-10-17)18-11-7-4-8-12-18/h3-12,19H,2,13-16H2,1H3/p+1. The lowest BCUT2D eigenvalue weighted by atomic mass is 9.96. The summed E-state index contributed by atoms with van der Waals surface area (Å²) in [6, 6.07) is 21.3. The Balaban J connectivity index is 1.84. The second-order valence-corrected chi connectivity index (χ2v) is 8.47. The smallest absolute Gasteiger partial charge is 0.214 e. The number of hydrogen-bond donors (Lipinski definition) is 1. The summed E-state index contributed by atoms with van der Waals surface area (Å²) in [4.78, 5) is 1.43. The highest BCUT2D eigenvalue weighted by Crippen LogP contribution is 2.19. The van der Waals surface area contributed by atoms with E-state index in [-0.39, 0.29) is 11.8 Å². The molecule has 0 radical (unpaired) electrons. The van der Waals surface area contributed by atoms with E-state index in [1.54, 1.807) is 11.2 Å². The zero-order chi connectivity index (χ0) is 17.0. The Bertz CT molecular complexity index is 700. The topological polar surface area (TPSA) is 41.8 Å². The first-order valence-corrected chi connectivity index (χ1v) is 10.1. The van der Waals surface area contributed by atoms with Gasteiger partial charge in [0, 0.05) is 11.1 Å². The van der Waals surface area contributed by atoms with Gasteiger partial charge in [0.05, 0.1) is 31.9 Å². The molecule has 0 saturated carbocycles. The predicted molar refractivity (Wildman–Crippen MR) is 96.5 cm³/mol. The molecule has 0 aromatic heterocycles. The summed E-state index contributed by atoms with van der Waals surface area (Å²) in [6.07, 6.45) is 0. The van der Waals surface area contributed by atoms with Gasteiger partial charge in [0.25, 0.3) is 0 Å². The highest BCUT2D eigenvalue weighted by atomic mass is 32.2. The number of benzene rings is 2. The first-order chi connectivity index (χ1) is 11.6. The van der Waals surface area contributed by atoms with Gasteiger partial charge in [-0.25, -0.2) is 8.42 Å². The fourth-order valence-corrected chi connectivity index (χ4v) is 4.58. The van der Waals surface area contributed by atoms with Crippen LogP contribution in [0.5, 0.6) is 0 Å². The van der Waals surface area contributed by atoms with Gasteiger partial charge in [-0.2, -0.15) is 4.31 Å². The monoisotopic (exact) mass is 345 g/mol. The van der Waals surface area contributed by atoms with E-state index < -0.39 is 10.0 Å². The van der Waals surface area contributed by atoms with Gasteiger partial charge < -0.3 is 4.90 Å². The van der Waals surface area contributed by atoms with Crippen molar-refractivity contribution in [2.75, 3.05) is 31.9 Å². The van der Waals surface area contributed by atoms with Crippen LogP contribution in [0.25, 0.3) is 0 Å². The molecule has 3 rings (SSSR count). The molecule has 0 aliphatic carbocycles. The van der Waals surface area contributed by atoms with Crippen LogP contribution < -0.4 is 4.90 Å². The summed E-state index contributed by atoms with van der Waals surface area (Å²) in [5.74, 6) is 0.184. The van der Waals surface area contributed by atoms with Crippen molar-refractivity contribution in [2.24, 2.45) is 0 Å². The van der Waals surface area contributed by atoms with Crippen molar-refractivity contribution in [1.29, 1.82) is 0 Å². The van der Waals surface area contributed by atoms with Crippen molar-refractivity contribution in [3.05, 3.63) is 71.8 Å². The zero-order valence-corrected chi connectivity index (χ0v) is 14.9. The minimum atomic E-state index is -3.08. The van der Waals surface area contributed by atoms with Crippen molar-refractivity contribution < 1.29 is 13.3 Å². The van der Waals surface area contributed by atoms with E-state index in [2.05, 4.69) is 48.5 Å². The van der Waals surface area contributed by atoms with Gasteiger partial charge in [-0.15, -0.1) is 0 Å². The molecule has 1 heterocycles. The van der Waals surface area contributed by atoms with Crippen LogP contribution in [-0.2, 0) is 10.0 Å². The van der Waals surface area contributed by atoms with Crippen LogP contribution >= 0.6 is 0 Å². The largest absolute Gasteiger partial charge is 0.323 e. The number of piperazine rings is 1. The first kappa shape index (κ1) is 17.1. The molecule has 0 amide bonds. The summed E-state index contributed by atoms with van der Waals surface area (Å²) in [6.45, 7) is 4.57. The van der Waals surface area contributed by atoms with E-state index in [1.165, 1.54) is 16.0 Å². The van der Waals surface area contributed by atoms with Gasteiger partial charge in [-0.1, -0.05) is 60.7 Å².